The van der Waals surface area contributed by atoms with Crippen molar-refractivity contribution in [2.24, 2.45) is 5.92 Å². The molecule has 1 fully saturated rings. The summed E-state index contributed by atoms with van der Waals surface area (Å²) in [5, 5.41) is 0. The molecule has 0 aromatic rings. The minimum absolute atomic E-state index is 0.208. The third-order valence-corrected chi connectivity index (χ3v) is 4.74. The molecule has 0 spiro atoms. The molecule has 0 amide bonds. The van der Waals surface area contributed by atoms with E-state index in [1.807, 2.05) is 26.8 Å². The van der Waals surface area contributed by atoms with E-state index in [9.17, 15) is 4.55 Å². The highest BCUT2D eigenvalue weighted by Gasteiger charge is 2.46. The molecule has 3 nitrogen and oxygen atoms in total. The maximum atomic E-state index is 12.2. The van der Waals surface area contributed by atoms with Gasteiger partial charge in [-0.1, -0.05) is 13.0 Å². The van der Waals surface area contributed by atoms with Crippen molar-refractivity contribution < 1.29 is 9.29 Å². The van der Waals surface area contributed by atoms with Crippen LogP contribution in [0.3, 0.4) is 0 Å². The summed E-state index contributed by atoms with van der Waals surface area (Å²) in [5.74, 6) is 0.358. The van der Waals surface area contributed by atoms with Crippen LogP contribution in [0.25, 0.3) is 0 Å². The zero-order valence-electron chi connectivity index (χ0n) is 10.7. The van der Waals surface area contributed by atoms with Crippen LogP contribution >= 0.6 is 0 Å². The van der Waals surface area contributed by atoms with E-state index in [0.717, 1.165) is 13.0 Å². The van der Waals surface area contributed by atoms with Crippen molar-refractivity contribution in [2.75, 3.05) is 13.2 Å². The standard InChI is InChI=1S/C12H23NO2S/c1-6-7-12(9-15-8-10(12)2)13-16(14)11(3,4)5/h6,10,13H,1,7-9H2,2-5H3/t10-,12+,16?/m0/s1. The third kappa shape index (κ3) is 3.00. The second-order valence-electron chi connectivity index (χ2n) is 5.55. The van der Waals surface area contributed by atoms with Crippen LogP contribution in [0, 0.1) is 5.92 Å². The van der Waals surface area contributed by atoms with Crippen molar-refractivity contribution in [1.29, 1.82) is 0 Å². The second kappa shape index (κ2) is 5.08. The Bertz CT molecular complexity index is 252. The molecule has 1 aliphatic rings. The van der Waals surface area contributed by atoms with Gasteiger partial charge in [-0.2, -0.15) is 0 Å². The van der Waals surface area contributed by atoms with Crippen LogP contribution in [0.1, 0.15) is 34.1 Å². The summed E-state index contributed by atoms with van der Waals surface area (Å²) in [6, 6.07) is 0. The zero-order chi connectivity index (χ0) is 12.4. The molecule has 1 heterocycles. The van der Waals surface area contributed by atoms with E-state index < -0.39 is 11.4 Å². The van der Waals surface area contributed by atoms with Gasteiger partial charge in [0, 0.05) is 17.3 Å². The number of nitrogens with one attached hydrogen (secondary N) is 1. The molecule has 0 aromatic heterocycles. The van der Waals surface area contributed by atoms with E-state index in [0.29, 0.717) is 12.5 Å². The van der Waals surface area contributed by atoms with E-state index in [1.165, 1.54) is 0 Å². The third-order valence-electron chi connectivity index (χ3n) is 3.03. The summed E-state index contributed by atoms with van der Waals surface area (Å²) in [7, 11) is 0. The summed E-state index contributed by atoms with van der Waals surface area (Å²) in [5.41, 5.74) is -0.208. The second-order valence-corrected chi connectivity index (χ2v) is 7.51. The lowest BCUT2D eigenvalue weighted by Gasteiger charge is -2.35. The summed E-state index contributed by atoms with van der Waals surface area (Å²) in [4.78, 5) is 0. The Labute approximate surface area is 102 Å². The topological polar surface area (TPSA) is 44.3 Å². The van der Waals surface area contributed by atoms with Gasteiger partial charge in [-0.15, -0.1) is 11.3 Å². The van der Waals surface area contributed by atoms with Crippen LogP contribution < -0.4 is 4.72 Å². The van der Waals surface area contributed by atoms with Crippen molar-refractivity contribution in [3.05, 3.63) is 12.7 Å². The Morgan fingerprint density at radius 1 is 1.62 bits per heavy atom. The van der Waals surface area contributed by atoms with E-state index in [2.05, 4.69) is 18.2 Å². The molecule has 94 valence electrons. The molecular formula is C12H23NO2S. The molecule has 16 heavy (non-hydrogen) atoms. The molecule has 1 saturated heterocycles. The summed E-state index contributed by atoms with van der Waals surface area (Å²) < 4.78 is 20.7. The van der Waals surface area contributed by atoms with Crippen LogP contribution in [0.15, 0.2) is 12.7 Å². The van der Waals surface area contributed by atoms with Gasteiger partial charge in [0.15, 0.2) is 0 Å². The first-order chi connectivity index (χ1) is 7.32. The summed E-state index contributed by atoms with van der Waals surface area (Å²) in [6.45, 7) is 13.2. The van der Waals surface area contributed by atoms with Gasteiger partial charge in [-0.05, 0) is 27.2 Å². The smallest absolute Gasteiger partial charge is 0.136 e. The van der Waals surface area contributed by atoms with Gasteiger partial charge < -0.3 is 9.29 Å². The number of hydrogen-bond acceptors (Lipinski definition) is 3. The fourth-order valence-corrected chi connectivity index (χ4v) is 2.77. The van der Waals surface area contributed by atoms with Crippen molar-refractivity contribution >= 4 is 11.4 Å². The lowest BCUT2D eigenvalue weighted by Crippen LogP contribution is -2.56. The quantitative estimate of drug-likeness (QED) is 0.609. The van der Waals surface area contributed by atoms with Crippen LogP contribution in [-0.2, 0) is 16.1 Å². The maximum Gasteiger partial charge on any atom is 0.136 e. The Hall–Kier alpha value is -0.0300. The lowest BCUT2D eigenvalue weighted by atomic mass is 9.86. The molecule has 1 unspecified atom stereocenters. The average Bonchev–Trinajstić information content (AvgIpc) is 2.47. The number of rotatable bonds is 4. The van der Waals surface area contributed by atoms with Gasteiger partial charge in [-0.3, -0.25) is 0 Å². The number of hydrogen-bond donors (Lipinski definition) is 1. The minimum Gasteiger partial charge on any atom is -0.598 e. The first-order valence-corrected chi connectivity index (χ1v) is 6.85. The normalized spacial score (nSPS) is 32.7. The molecule has 3 atom stereocenters. The molecule has 0 aliphatic carbocycles. The fourth-order valence-electron chi connectivity index (χ4n) is 1.75. The van der Waals surface area contributed by atoms with Crippen LogP contribution in [0.5, 0.6) is 0 Å². The predicted octanol–water partition coefficient (Wildman–Crippen LogP) is 2.02. The van der Waals surface area contributed by atoms with Crippen LogP contribution in [-0.4, -0.2) is 28.1 Å². The molecule has 1 rings (SSSR count). The Balaban J connectivity index is 2.75. The van der Waals surface area contributed by atoms with Crippen LogP contribution in [0.2, 0.25) is 0 Å². The van der Waals surface area contributed by atoms with Crippen molar-refractivity contribution in [3.63, 3.8) is 0 Å². The lowest BCUT2D eigenvalue weighted by molar-refractivity contribution is 0.173. The van der Waals surface area contributed by atoms with E-state index in [4.69, 9.17) is 4.74 Å². The van der Waals surface area contributed by atoms with Crippen molar-refractivity contribution in [3.8, 4) is 0 Å². The van der Waals surface area contributed by atoms with Crippen molar-refractivity contribution in [1.82, 2.24) is 4.72 Å². The molecule has 4 heteroatoms. The van der Waals surface area contributed by atoms with Gasteiger partial charge in [0.05, 0.1) is 18.8 Å². The Morgan fingerprint density at radius 2 is 2.25 bits per heavy atom. The minimum atomic E-state index is -1.07. The van der Waals surface area contributed by atoms with Crippen LogP contribution in [0.4, 0.5) is 0 Å². The molecule has 0 radical (unpaired) electrons. The van der Waals surface area contributed by atoms with E-state index in [-0.39, 0.29) is 10.3 Å². The first kappa shape index (κ1) is 14.0. The molecule has 0 saturated carbocycles. The molecular weight excluding hydrogens is 222 g/mol. The van der Waals surface area contributed by atoms with Gasteiger partial charge in [-0.25, -0.2) is 0 Å². The number of ether oxygens (including phenoxy) is 1. The van der Waals surface area contributed by atoms with Gasteiger partial charge in [0.2, 0.25) is 0 Å². The first-order valence-electron chi connectivity index (χ1n) is 5.70. The molecule has 1 aliphatic heterocycles. The SMILES string of the molecule is C=CC[C@@]1(N[S+]([O-])C(C)(C)C)COC[C@@H]1C. The highest BCUT2D eigenvalue weighted by molar-refractivity contribution is 7.90. The molecule has 0 bridgehead atoms. The average molecular weight is 245 g/mol. The van der Waals surface area contributed by atoms with Crippen molar-refractivity contribution in [2.45, 2.75) is 44.4 Å². The van der Waals surface area contributed by atoms with E-state index >= 15 is 0 Å². The zero-order valence-corrected chi connectivity index (χ0v) is 11.5. The summed E-state index contributed by atoms with van der Waals surface area (Å²) >= 11 is -1.07. The van der Waals surface area contributed by atoms with Gasteiger partial charge in [0.1, 0.15) is 4.75 Å². The predicted molar refractivity (Wildman–Crippen MR) is 68.6 cm³/mol. The summed E-state index contributed by atoms with van der Waals surface area (Å²) in [6.07, 6.45) is 2.66. The van der Waals surface area contributed by atoms with Gasteiger partial charge in [0.25, 0.3) is 0 Å². The maximum absolute atomic E-state index is 12.2. The highest BCUT2D eigenvalue weighted by Crippen LogP contribution is 2.31. The highest BCUT2D eigenvalue weighted by atomic mass is 32.2. The molecule has 0 aromatic carbocycles. The van der Waals surface area contributed by atoms with E-state index in [1.54, 1.807) is 0 Å². The molecule has 1 N–H and O–H groups in total. The largest absolute Gasteiger partial charge is 0.598 e. The monoisotopic (exact) mass is 245 g/mol. The fraction of sp³-hybridized carbons (Fsp3) is 0.833. The van der Waals surface area contributed by atoms with Gasteiger partial charge >= 0.3 is 0 Å². The Kier molecular flexibility index (Phi) is 4.46. The Morgan fingerprint density at radius 3 is 2.62 bits per heavy atom.